The van der Waals surface area contributed by atoms with Crippen LogP contribution in [-0.2, 0) is 32.0 Å². The summed E-state index contributed by atoms with van der Waals surface area (Å²) in [4.78, 5) is 54.7. The van der Waals surface area contributed by atoms with Gasteiger partial charge in [-0.05, 0) is 49.7 Å². The first kappa shape index (κ1) is 27.3. The van der Waals surface area contributed by atoms with Crippen LogP contribution in [0.2, 0.25) is 0 Å². The minimum absolute atomic E-state index is 0.217. The molecule has 4 atom stereocenters. The van der Waals surface area contributed by atoms with Gasteiger partial charge in [0.25, 0.3) is 0 Å². The van der Waals surface area contributed by atoms with E-state index in [-0.39, 0.29) is 24.1 Å². The van der Waals surface area contributed by atoms with Crippen LogP contribution in [0.15, 0.2) is 60.7 Å². The van der Waals surface area contributed by atoms with Crippen LogP contribution in [0.5, 0.6) is 0 Å². The van der Waals surface area contributed by atoms with Gasteiger partial charge in [0.05, 0.1) is 12.5 Å². The molecule has 0 unspecified atom stereocenters. The number of nitrogens with two attached hydrogens (primary N) is 1. The molecule has 9 heteroatoms. The summed E-state index contributed by atoms with van der Waals surface area (Å²) in [6, 6.07) is 16.2. The predicted octanol–water partition coefficient (Wildman–Crippen LogP) is 1.74. The van der Waals surface area contributed by atoms with Gasteiger partial charge >= 0.3 is 5.97 Å². The smallest absolute Gasteiger partial charge is 0.305 e. The summed E-state index contributed by atoms with van der Waals surface area (Å²) in [7, 11) is 0. The van der Waals surface area contributed by atoms with Crippen molar-refractivity contribution in [3.63, 3.8) is 0 Å². The Hall–Kier alpha value is -3.72. The number of nitrogens with one attached hydrogen (secondary N) is 1. The summed E-state index contributed by atoms with van der Waals surface area (Å²) in [5.41, 5.74) is 8.13. The third-order valence-electron chi connectivity index (χ3n) is 7.37. The summed E-state index contributed by atoms with van der Waals surface area (Å²) in [6.45, 7) is 0.883. The maximum absolute atomic E-state index is 13.6. The lowest BCUT2D eigenvalue weighted by Crippen LogP contribution is -2.56. The van der Waals surface area contributed by atoms with Crippen molar-refractivity contribution in [1.82, 2.24) is 15.1 Å². The first-order valence-corrected chi connectivity index (χ1v) is 13.3. The summed E-state index contributed by atoms with van der Waals surface area (Å²) >= 11 is 0. The molecule has 9 nitrogen and oxygen atoms in total. The molecule has 3 amide bonds. The van der Waals surface area contributed by atoms with E-state index >= 15 is 0 Å². The lowest BCUT2D eigenvalue weighted by molar-refractivity contribution is -0.147. The normalized spacial score (nSPS) is 20.7. The number of carbonyl (C=O) groups excluding carboxylic acids is 3. The summed E-state index contributed by atoms with van der Waals surface area (Å²) in [6.07, 6.45) is 2.94. The fourth-order valence-electron chi connectivity index (χ4n) is 5.53. The molecule has 2 saturated heterocycles. The number of benzene rings is 2. The highest BCUT2D eigenvalue weighted by atomic mass is 16.4. The van der Waals surface area contributed by atoms with Gasteiger partial charge in [-0.2, -0.15) is 0 Å². The number of carboxylic acids is 1. The van der Waals surface area contributed by atoms with Gasteiger partial charge in [0.2, 0.25) is 17.7 Å². The number of likely N-dealkylation sites (tertiary alicyclic amines) is 2. The fraction of sp³-hybridized carbons (Fsp3) is 0.448. The minimum atomic E-state index is -1.00. The monoisotopic (exact) mass is 520 g/mol. The number of carbonyl (C=O) groups is 4. The Bertz CT molecular complexity index is 1130. The zero-order chi connectivity index (χ0) is 27.1. The molecule has 0 saturated carbocycles. The number of aliphatic carboxylic acids is 1. The second-order valence-corrected chi connectivity index (χ2v) is 10.2. The van der Waals surface area contributed by atoms with E-state index in [9.17, 15) is 24.3 Å². The largest absolute Gasteiger partial charge is 0.481 e. The molecule has 2 aromatic rings. The van der Waals surface area contributed by atoms with E-state index in [0.717, 1.165) is 11.1 Å². The zero-order valence-electron chi connectivity index (χ0n) is 21.5. The molecule has 0 aromatic heterocycles. The summed E-state index contributed by atoms with van der Waals surface area (Å²) in [5, 5.41) is 12.3. The van der Waals surface area contributed by atoms with Crippen molar-refractivity contribution in [1.29, 1.82) is 0 Å². The van der Waals surface area contributed by atoms with Crippen molar-refractivity contribution < 1.29 is 24.3 Å². The Kier molecular flexibility index (Phi) is 9.12. The Morgan fingerprint density at radius 3 is 2.00 bits per heavy atom. The molecule has 2 heterocycles. The van der Waals surface area contributed by atoms with Crippen LogP contribution < -0.4 is 11.1 Å². The molecule has 4 rings (SSSR count). The average Bonchev–Trinajstić information content (AvgIpc) is 3.59. The minimum Gasteiger partial charge on any atom is -0.481 e. The van der Waals surface area contributed by atoms with Crippen LogP contribution >= 0.6 is 0 Å². The standard InChI is InChI=1S/C29H36N4O5/c30-23(18-21-11-5-2-6-12-21)28(37)33-16-8-14-25(33)29(38)32-15-7-13-24(32)27(36)31-22(19-26(34)35)17-20-9-3-1-4-10-20/h1-6,9-12,22-25H,7-8,13-19,30H2,(H,31,36)(H,34,35)/t22-,23-,24-,25-/m0/s1. The molecule has 4 N–H and O–H groups in total. The molecule has 38 heavy (non-hydrogen) atoms. The molecule has 2 aliphatic rings. The second kappa shape index (κ2) is 12.7. The molecule has 2 fully saturated rings. The van der Waals surface area contributed by atoms with Gasteiger partial charge < -0.3 is 26.0 Å². The van der Waals surface area contributed by atoms with Crippen LogP contribution in [0.25, 0.3) is 0 Å². The highest BCUT2D eigenvalue weighted by molar-refractivity contribution is 5.94. The van der Waals surface area contributed by atoms with Crippen molar-refractivity contribution in [3.8, 4) is 0 Å². The SMILES string of the molecule is N[C@@H](Cc1ccccc1)C(=O)N1CCC[C@H]1C(=O)N1CCC[C@H]1C(=O)N[C@H](CC(=O)O)Cc1ccccc1. The lowest BCUT2D eigenvalue weighted by atomic mass is 10.0. The second-order valence-electron chi connectivity index (χ2n) is 10.2. The number of rotatable bonds is 10. The van der Waals surface area contributed by atoms with E-state index in [1.807, 2.05) is 60.7 Å². The van der Waals surface area contributed by atoms with Gasteiger partial charge in [-0.1, -0.05) is 60.7 Å². The Labute approximate surface area is 223 Å². The van der Waals surface area contributed by atoms with Crippen LogP contribution in [0.3, 0.4) is 0 Å². The van der Waals surface area contributed by atoms with Gasteiger partial charge in [-0.25, -0.2) is 0 Å². The number of amides is 3. The lowest BCUT2D eigenvalue weighted by Gasteiger charge is -2.32. The quantitative estimate of drug-likeness (QED) is 0.437. The number of nitrogens with zero attached hydrogens (tertiary/aromatic N) is 2. The van der Waals surface area contributed by atoms with E-state index in [2.05, 4.69) is 5.32 Å². The molecule has 0 spiro atoms. The van der Waals surface area contributed by atoms with Gasteiger partial charge in [-0.15, -0.1) is 0 Å². The number of hydrogen-bond acceptors (Lipinski definition) is 5. The molecule has 2 aromatic carbocycles. The molecule has 2 aliphatic heterocycles. The van der Waals surface area contributed by atoms with Gasteiger partial charge in [0.1, 0.15) is 12.1 Å². The Morgan fingerprint density at radius 2 is 1.39 bits per heavy atom. The third-order valence-corrected chi connectivity index (χ3v) is 7.37. The van der Waals surface area contributed by atoms with Crippen LogP contribution in [-0.4, -0.2) is 75.9 Å². The fourth-order valence-corrected chi connectivity index (χ4v) is 5.53. The topological polar surface area (TPSA) is 133 Å². The molecule has 0 aliphatic carbocycles. The highest BCUT2D eigenvalue weighted by Crippen LogP contribution is 2.26. The maximum Gasteiger partial charge on any atom is 0.305 e. The number of hydrogen-bond donors (Lipinski definition) is 3. The van der Waals surface area contributed by atoms with Crippen molar-refractivity contribution in [2.45, 2.75) is 69.1 Å². The first-order valence-electron chi connectivity index (χ1n) is 13.3. The van der Waals surface area contributed by atoms with Crippen LogP contribution in [0.4, 0.5) is 0 Å². The van der Waals surface area contributed by atoms with Crippen molar-refractivity contribution in [2.75, 3.05) is 13.1 Å². The summed E-state index contributed by atoms with van der Waals surface area (Å²) in [5.74, 6) is -1.85. The van der Waals surface area contributed by atoms with Gasteiger partial charge in [0.15, 0.2) is 0 Å². The highest BCUT2D eigenvalue weighted by Gasteiger charge is 2.43. The molecule has 0 radical (unpaired) electrons. The van der Waals surface area contributed by atoms with Crippen LogP contribution in [0.1, 0.15) is 43.2 Å². The van der Waals surface area contributed by atoms with Crippen molar-refractivity contribution >= 4 is 23.7 Å². The third kappa shape index (κ3) is 6.77. The molecule has 0 bridgehead atoms. The van der Waals surface area contributed by atoms with Crippen molar-refractivity contribution in [3.05, 3.63) is 71.8 Å². The number of carboxylic acid groups (broad SMARTS) is 1. The van der Waals surface area contributed by atoms with E-state index in [4.69, 9.17) is 5.73 Å². The van der Waals surface area contributed by atoms with Crippen LogP contribution in [0, 0.1) is 0 Å². The van der Waals surface area contributed by atoms with Gasteiger partial charge in [-0.3, -0.25) is 19.2 Å². The van der Waals surface area contributed by atoms with E-state index < -0.39 is 30.1 Å². The van der Waals surface area contributed by atoms with Crippen molar-refractivity contribution in [2.24, 2.45) is 5.73 Å². The Morgan fingerprint density at radius 1 is 0.842 bits per heavy atom. The molecular formula is C29H36N4O5. The van der Waals surface area contributed by atoms with Gasteiger partial charge in [0, 0.05) is 19.1 Å². The maximum atomic E-state index is 13.6. The summed E-state index contributed by atoms with van der Waals surface area (Å²) < 4.78 is 0. The molecule has 202 valence electrons. The Balaban J connectivity index is 1.41. The predicted molar refractivity (Wildman–Crippen MR) is 142 cm³/mol. The average molecular weight is 521 g/mol. The first-order chi connectivity index (χ1) is 18.3. The zero-order valence-corrected chi connectivity index (χ0v) is 21.5. The van der Waals surface area contributed by atoms with E-state index in [1.165, 1.54) is 0 Å². The molecular weight excluding hydrogens is 484 g/mol. The van der Waals surface area contributed by atoms with E-state index in [1.54, 1.807) is 9.80 Å². The van der Waals surface area contributed by atoms with E-state index in [0.29, 0.717) is 51.6 Å².